The van der Waals surface area contributed by atoms with Gasteiger partial charge >= 0.3 is 0 Å². The summed E-state index contributed by atoms with van der Waals surface area (Å²) in [6, 6.07) is 150. The lowest BCUT2D eigenvalue weighted by Gasteiger charge is -2.15. The number of fused-ring (bicyclic) bond motifs is 12. The Morgan fingerprint density at radius 3 is 0.536 bits per heavy atom. The molecule has 0 unspecified atom stereocenters. The number of rotatable bonds is 13. The lowest BCUT2D eigenvalue weighted by Crippen LogP contribution is -1.96. The zero-order valence-corrected chi connectivity index (χ0v) is 60.9. The molecule has 6 aromatic heterocycles. The first-order chi connectivity index (χ1) is 55.5. The van der Waals surface area contributed by atoms with Crippen molar-refractivity contribution in [3.05, 3.63) is 413 Å². The van der Waals surface area contributed by atoms with Crippen molar-refractivity contribution in [1.82, 2.24) is 28.2 Å². The van der Waals surface area contributed by atoms with Gasteiger partial charge in [0.15, 0.2) is 0 Å². The molecule has 6 nitrogen and oxygen atoms in total. The summed E-state index contributed by atoms with van der Waals surface area (Å²) in [6.07, 6.45) is 0. The van der Waals surface area contributed by atoms with Crippen LogP contribution in [0.1, 0.15) is 0 Å². The van der Waals surface area contributed by atoms with Gasteiger partial charge in [0.05, 0.1) is 66.9 Å². The maximum atomic E-state index is 5.56. The van der Waals surface area contributed by atoms with Gasteiger partial charge in [-0.1, -0.05) is 261 Å². The van der Waals surface area contributed by atoms with Gasteiger partial charge in [0.2, 0.25) is 0 Å². The summed E-state index contributed by atoms with van der Waals surface area (Å²) in [5.41, 5.74) is 32.5. The first-order valence-corrected chi connectivity index (χ1v) is 38.3. The van der Waals surface area contributed by atoms with Crippen molar-refractivity contribution in [3.63, 3.8) is 0 Å². The van der Waals surface area contributed by atoms with E-state index in [0.29, 0.717) is 0 Å². The first-order valence-electron chi connectivity index (χ1n) is 38.3. The molecule has 0 saturated carbocycles. The van der Waals surface area contributed by atoms with Crippen LogP contribution in [-0.2, 0) is 0 Å². The minimum absolute atomic E-state index is 0.890. The number of pyridine rings is 2. The van der Waals surface area contributed by atoms with E-state index in [1.165, 1.54) is 87.2 Å². The molecular formula is C106H68N6. The molecule has 6 heteroatoms. The molecule has 6 heterocycles. The predicted molar refractivity (Wildman–Crippen MR) is 468 cm³/mol. The van der Waals surface area contributed by atoms with Crippen LogP contribution in [0.15, 0.2) is 413 Å². The molecule has 16 aromatic carbocycles. The summed E-state index contributed by atoms with van der Waals surface area (Å²) in [7, 11) is 0. The summed E-state index contributed by atoms with van der Waals surface area (Å²) < 4.78 is 9.49. The van der Waals surface area contributed by atoms with E-state index in [2.05, 4.69) is 431 Å². The summed E-state index contributed by atoms with van der Waals surface area (Å²) in [5, 5.41) is 9.89. The summed E-state index contributed by atoms with van der Waals surface area (Å²) in [6.45, 7) is 0. The Bertz CT molecular complexity index is 6470. The normalized spacial score (nSPS) is 11.8. The zero-order valence-electron chi connectivity index (χ0n) is 60.9. The number of para-hydroxylation sites is 8. The molecule has 0 aliphatic heterocycles. The fourth-order valence-electron chi connectivity index (χ4n) is 17.4. The smallest absolute Gasteiger partial charge is 0.0715 e. The van der Waals surface area contributed by atoms with Crippen LogP contribution in [0.5, 0.6) is 0 Å². The van der Waals surface area contributed by atoms with E-state index in [0.717, 1.165) is 123 Å². The highest BCUT2D eigenvalue weighted by Crippen LogP contribution is 2.43. The van der Waals surface area contributed by atoms with Crippen LogP contribution in [0.4, 0.5) is 0 Å². The second-order valence-electron chi connectivity index (χ2n) is 29.2. The van der Waals surface area contributed by atoms with Crippen molar-refractivity contribution in [3.8, 4) is 123 Å². The lowest BCUT2D eigenvalue weighted by atomic mass is 9.91. The van der Waals surface area contributed by atoms with Crippen molar-refractivity contribution in [2.45, 2.75) is 0 Å². The molecule has 0 bridgehead atoms. The van der Waals surface area contributed by atoms with Gasteiger partial charge in [-0.05, 0) is 207 Å². The standard InChI is InChI=1S/C106H68N6/c1-2-22-69(23-3-1)78-62-79(74-24-20-26-76(60-74)81-65-95(70-44-52-83(53-45-70)109-99-36-12-4-28-87(99)88-29-5-13-37-100(88)109)107-96(66-81)71-46-54-84(55-47-71)110-101-38-14-6-30-89(101)90-31-7-15-39-102(90)110)64-80(63-78)75-25-21-27-77(61-75)82-67-97(72-48-56-85(57-49-72)111-103-40-16-8-32-91(103)92-33-9-17-41-104(92)111)108-98(68-82)73-50-58-86(59-51-73)112-105-42-18-10-34-93(105)94-35-11-19-43-106(94)112/h1-68H. The van der Waals surface area contributed by atoms with Crippen LogP contribution in [0.25, 0.3) is 211 Å². The van der Waals surface area contributed by atoms with E-state index in [-0.39, 0.29) is 0 Å². The molecule has 22 aromatic rings. The highest BCUT2D eigenvalue weighted by molar-refractivity contribution is 6.12. The summed E-state index contributed by atoms with van der Waals surface area (Å²) >= 11 is 0. The van der Waals surface area contributed by atoms with Gasteiger partial charge in [0, 0.05) is 88.1 Å². The monoisotopic (exact) mass is 1420 g/mol. The second-order valence-corrected chi connectivity index (χ2v) is 29.2. The Balaban J connectivity index is 0.652. The fraction of sp³-hybridized carbons (Fsp3) is 0. The second kappa shape index (κ2) is 26.5. The molecule has 0 N–H and O–H groups in total. The molecule has 112 heavy (non-hydrogen) atoms. The third kappa shape index (κ3) is 10.9. The molecule has 0 amide bonds. The van der Waals surface area contributed by atoms with Crippen molar-refractivity contribution in [1.29, 1.82) is 0 Å². The minimum Gasteiger partial charge on any atom is -0.309 e. The Labute approximate surface area is 647 Å². The van der Waals surface area contributed by atoms with E-state index >= 15 is 0 Å². The van der Waals surface area contributed by atoms with Crippen LogP contribution < -0.4 is 0 Å². The topological polar surface area (TPSA) is 45.5 Å². The van der Waals surface area contributed by atoms with Gasteiger partial charge in [0.25, 0.3) is 0 Å². The van der Waals surface area contributed by atoms with Gasteiger partial charge in [-0.2, -0.15) is 0 Å². The number of nitrogens with zero attached hydrogens (tertiary/aromatic N) is 6. The Morgan fingerprint density at radius 2 is 0.304 bits per heavy atom. The van der Waals surface area contributed by atoms with Gasteiger partial charge in [-0.25, -0.2) is 9.97 Å². The Kier molecular flexibility index (Phi) is 15.2. The highest BCUT2D eigenvalue weighted by atomic mass is 15.0. The van der Waals surface area contributed by atoms with Crippen LogP contribution in [-0.4, -0.2) is 28.2 Å². The third-order valence-corrected chi connectivity index (χ3v) is 22.8. The summed E-state index contributed by atoms with van der Waals surface area (Å²) in [4.78, 5) is 11.1. The van der Waals surface area contributed by atoms with Gasteiger partial charge in [-0.3, -0.25) is 0 Å². The van der Waals surface area contributed by atoms with Gasteiger partial charge < -0.3 is 18.3 Å². The van der Waals surface area contributed by atoms with E-state index < -0.39 is 0 Å². The number of aromatic nitrogens is 6. The molecular weight excluding hydrogens is 1360 g/mol. The number of benzene rings is 16. The quantitative estimate of drug-likeness (QED) is 0.115. The largest absolute Gasteiger partial charge is 0.309 e. The minimum atomic E-state index is 0.890. The molecule has 522 valence electrons. The van der Waals surface area contributed by atoms with Crippen molar-refractivity contribution >= 4 is 87.2 Å². The van der Waals surface area contributed by atoms with E-state index in [1.54, 1.807) is 0 Å². The highest BCUT2D eigenvalue weighted by Gasteiger charge is 2.21. The Morgan fingerprint density at radius 1 is 0.125 bits per heavy atom. The number of hydrogen-bond acceptors (Lipinski definition) is 2. The molecule has 0 radical (unpaired) electrons. The number of hydrogen-bond donors (Lipinski definition) is 0. The Hall–Kier alpha value is -15.0. The maximum Gasteiger partial charge on any atom is 0.0715 e. The predicted octanol–water partition coefficient (Wildman–Crippen LogP) is 27.9. The SMILES string of the molecule is c1ccc(-c2cc(-c3cccc(-c4cc(-c5ccc(-n6c7ccccc7c7ccccc76)cc5)nc(-c5ccc(-n6c7ccccc7c7ccccc76)cc5)c4)c3)cc(-c3cccc(-c4cc(-c5ccc(-n6c7ccccc7c7ccccc76)cc5)nc(-c5ccc(-n6c7ccccc7c7ccccc76)cc5)c4)c3)c2)cc1. The molecule has 0 aliphatic rings. The average Bonchev–Trinajstić information content (AvgIpc) is 1.58. The van der Waals surface area contributed by atoms with Crippen LogP contribution in [0.3, 0.4) is 0 Å². The van der Waals surface area contributed by atoms with E-state index in [4.69, 9.17) is 9.97 Å². The van der Waals surface area contributed by atoms with E-state index in [1.807, 2.05) is 0 Å². The van der Waals surface area contributed by atoms with Crippen LogP contribution in [0, 0.1) is 0 Å². The fourth-order valence-corrected chi connectivity index (χ4v) is 17.4. The molecule has 0 saturated heterocycles. The van der Waals surface area contributed by atoms with Crippen molar-refractivity contribution in [2.75, 3.05) is 0 Å². The van der Waals surface area contributed by atoms with Crippen molar-refractivity contribution < 1.29 is 0 Å². The molecule has 0 fully saturated rings. The zero-order chi connectivity index (χ0) is 73.7. The molecule has 0 spiro atoms. The van der Waals surface area contributed by atoms with Crippen LogP contribution in [0.2, 0.25) is 0 Å². The molecule has 0 aliphatic carbocycles. The lowest BCUT2D eigenvalue weighted by molar-refractivity contribution is 1.18. The first kappa shape index (κ1) is 64.2. The summed E-state index contributed by atoms with van der Waals surface area (Å²) in [5.74, 6) is 0. The van der Waals surface area contributed by atoms with Crippen molar-refractivity contribution in [2.24, 2.45) is 0 Å². The average molecular weight is 1430 g/mol. The van der Waals surface area contributed by atoms with Gasteiger partial charge in [0.1, 0.15) is 0 Å². The van der Waals surface area contributed by atoms with Crippen LogP contribution >= 0.6 is 0 Å². The van der Waals surface area contributed by atoms with Gasteiger partial charge in [-0.15, -0.1) is 0 Å². The maximum absolute atomic E-state index is 5.56. The molecule has 0 atom stereocenters. The third-order valence-electron chi connectivity index (χ3n) is 22.8. The molecule has 22 rings (SSSR count). The van der Waals surface area contributed by atoms with E-state index in [9.17, 15) is 0 Å².